The number of nitrogens with one attached hydrogen (secondary N) is 1. The molecule has 0 unspecified atom stereocenters. The fourth-order valence-electron chi connectivity index (χ4n) is 3.63. The van der Waals surface area contributed by atoms with Crippen LogP contribution in [0.2, 0.25) is 0 Å². The van der Waals surface area contributed by atoms with Crippen LogP contribution in [-0.2, 0) is 17.8 Å². The fourth-order valence-corrected chi connectivity index (χ4v) is 3.63. The highest BCUT2D eigenvalue weighted by atomic mass is 16.5. The average molecular weight is 400 g/mol. The summed E-state index contributed by atoms with van der Waals surface area (Å²) in [5.74, 6) is 1.36. The van der Waals surface area contributed by atoms with Crippen LogP contribution < -0.4 is 5.32 Å². The van der Waals surface area contributed by atoms with Gasteiger partial charge in [-0.05, 0) is 38.3 Å². The van der Waals surface area contributed by atoms with Crippen molar-refractivity contribution in [3.8, 4) is 0 Å². The summed E-state index contributed by atoms with van der Waals surface area (Å²) in [6.07, 6.45) is 4.05. The predicted octanol–water partition coefficient (Wildman–Crippen LogP) is 2.41. The van der Waals surface area contributed by atoms with E-state index in [1.54, 1.807) is 6.92 Å². The molecule has 0 atom stereocenters. The largest absolute Gasteiger partial charge is 0.356 e. The van der Waals surface area contributed by atoms with Gasteiger partial charge in [0.2, 0.25) is 11.8 Å². The Bertz CT molecular complexity index is 726. The van der Waals surface area contributed by atoms with Crippen molar-refractivity contribution in [1.82, 2.24) is 25.3 Å². The first kappa shape index (κ1) is 21.5. The van der Waals surface area contributed by atoms with Gasteiger partial charge in [-0.15, -0.1) is 0 Å². The van der Waals surface area contributed by atoms with Crippen molar-refractivity contribution < 1.29 is 9.32 Å². The topological polar surface area (TPSA) is 74.5 Å². The maximum Gasteiger partial charge on any atom is 0.226 e. The van der Waals surface area contributed by atoms with Crippen molar-refractivity contribution in [2.45, 2.75) is 45.6 Å². The molecule has 158 valence electrons. The number of rotatable bonds is 11. The minimum Gasteiger partial charge on any atom is -0.356 e. The zero-order valence-corrected chi connectivity index (χ0v) is 17.5. The van der Waals surface area contributed by atoms with Gasteiger partial charge in [0.1, 0.15) is 0 Å². The van der Waals surface area contributed by atoms with Crippen LogP contribution in [0.4, 0.5) is 0 Å². The highest BCUT2D eigenvalue weighted by Crippen LogP contribution is 2.09. The third-order valence-electron chi connectivity index (χ3n) is 5.30. The lowest BCUT2D eigenvalue weighted by atomic mass is 10.2. The van der Waals surface area contributed by atoms with Gasteiger partial charge in [-0.25, -0.2) is 0 Å². The molecule has 0 saturated carbocycles. The molecule has 1 aliphatic heterocycles. The summed E-state index contributed by atoms with van der Waals surface area (Å²) in [5, 5.41) is 6.77. The van der Waals surface area contributed by atoms with Crippen molar-refractivity contribution in [3.63, 3.8) is 0 Å². The van der Waals surface area contributed by atoms with Crippen LogP contribution in [0, 0.1) is 6.92 Å². The predicted molar refractivity (Wildman–Crippen MR) is 112 cm³/mol. The van der Waals surface area contributed by atoms with E-state index in [1.807, 2.05) is 0 Å². The zero-order valence-electron chi connectivity index (χ0n) is 17.5. The van der Waals surface area contributed by atoms with Crippen molar-refractivity contribution in [3.05, 3.63) is 47.6 Å². The van der Waals surface area contributed by atoms with E-state index in [1.165, 1.54) is 5.56 Å². The number of unbranched alkanes of at least 4 members (excludes halogenated alkanes) is 1. The molecule has 1 aromatic carbocycles. The number of amides is 1. The van der Waals surface area contributed by atoms with E-state index in [0.717, 1.165) is 65.1 Å². The number of aromatic nitrogens is 2. The average Bonchev–Trinajstić information content (AvgIpc) is 3.15. The maximum atomic E-state index is 11.9. The summed E-state index contributed by atoms with van der Waals surface area (Å²) in [6, 6.07) is 10.7. The number of carbonyl (C=O) groups excluding carboxylic acids is 1. The molecule has 0 spiro atoms. The molecule has 1 aromatic heterocycles. The monoisotopic (exact) mass is 399 g/mol. The minimum atomic E-state index is 0.107. The van der Waals surface area contributed by atoms with Gasteiger partial charge >= 0.3 is 0 Å². The summed E-state index contributed by atoms with van der Waals surface area (Å²) in [4.78, 5) is 21.1. The van der Waals surface area contributed by atoms with Crippen molar-refractivity contribution in [2.75, 3.05) is 39.3 Å². The van der Waals surface area contributed by atoms with Crippen LogP contribution in [0.1, 0.15) is 43.0 Å². The molecule has 0 bridgehead atoms. The van der Waals surface area contributed by atoms with Crippen LogP contribution in [0.3, 0.4) is 0 Å². The Morgan fingerprint density at radius 2 is 1.83 bits per heavy atom. The Labute approximate surface area is 173 Å². The van der Waals surface area contributed by atoms with E-state index >= 15 is 0 Å². The maximum absolute atomic E-state index is 11.9. The van der Waals surface area contributed by atoms with Crippen LogP contribution in [-0.4, -0.2) is 65.1 Å². The second-order valence-electron chi connectivity index (χ2n) is 7.75. The molecular weight excluding hydrogens is 366 g/mol. The molecule has 1 amide bonds. The van der Waals surface area contributed by atoms with E-state index < -0.39 is 0 Å². The smallest absolute Gasteiger partial charge is 0.226 e. The molecule has 0 aliphatic carbocycles. The zero-order chi connectivity index (χ0) is 20.3. The Balaban J connectivity index is 1.17. The molecule has 0 radical (unpaired) electrons. The second-order valence-corrected chi connectivity index (χ2v) is 7.75. The third-order valence-corrected chi connectivity index (χ3v) is 5.30. The molecule has 1 aliphatic rings. The van der Waals surface area contributed by atoms with Gasteiger partial charge in [0, 0.05) is 52.1 Å². The van der Waals surface area contributed by atoms with E-state index in [9.17, 15) is 4.79 Å². The number of piperazine rings is 1. The highest BCUT2D eigenvalue weighted by Gasteiger charge is 2.16. The number of nitrogens with zero attached hydrogens (tertiary/aromatic N) is 4. The summed E-state index contributed by atoms with van der Waals surface area (Å²) >= 11 is 0. The molecular formula is C22H33N5O2. The van der Waals surface area contributed by atoms with Gasteiger partial charge in [-0.2, -0.15) is 4.98 Å². The number of aryl methyl sites for hydroxylation is 2. The number of benzene rings is 1. The molecule has 3 rings (SSSR count). The lowest BCUT2D eigenvalue weighted by molar-refractivity contribution is -0.121. The van der Waals surface area contributed by atoms with Crippen molar-refractivity contribution in [1.29, 1.82) is 0 Å². The number of carbonyl (C=O) groups is 1. The van der Waals surface area contributed by atoms with E-state index in [0.29, 0.717) is 24.6 Å². The van der Waals surface area contributed by atoms with Crippen LogP contribution >= 0.6 is 0 Å². The molecule has 2 heterocycles. The Kier molecular flexibility index (Phi) is 8.64. The molecule has 2 aromatic rings. The molecule has 29 heavy (non-hydrogen) atoms. The highest BCUT2D eigenvalue weighted by molar-refractivity contribution is 5.75. The van der Waals surface area contributed by atoms with Gasteiger partial charge in [0.15, 0.2) is 5.82 Å². The molecule has 7 nitrogen and oxygen atoms in total. The Morgan fingerprint density at radius 3 is 2.55 bits per heavy atom. The quantitative estimate of drug-likeness (QED) is 0.585. The Hall–Kier alpha value is -2.25. The van der Waals surface area contributed by atoms with Gasteiger partial charge in [-0.1, -0.05) is 35.5 Å². The van der Waals surface area contributed by atoms with Gasteiger partial charge in [0.05, 0.1) is 0 Å². The standard InChI is InChI=1S/C22H33N5O2/c1-19-24-22(29-25-19)11-7-10-21(28)23-12-5-6-13-26-14-16-27(17-15-26)18-20-8-3-2-4-9-20/h2-4,8-9H,5-7,10-18H2,1H3,(H,23,28). The lowest BCUT2D eigenvalue weighted by Gasteiger charge is -2.34. The van der Waals surface area contributed by atoms with Crippen LogP contribution in [0.15, 0.2) is 34.9 Å². The summed E-state index contributed by atoms with van der Waals surface area (Å²) < 4.78 is 5.05. The van der Waals surface area contributed by atoms with Crippen molar-refractivity contribution >= 4 is 5.91 Å². The lowest BCUT2D eigenvalue weighted by Crippen LogP contribution is -2.46. The normalized spacial score (nSPS) is 15.5. The summed E-state index contributed by atoms with van der Waals surface area (Å²) in [7, 11) is 0. The van der Waals surface area contributed by atoms with Gasteiger partial charge in [-0.3, -0.25) is 9.69 Å². The third kappa shape index (κ3) is 7.95. The Morgan fingerprint density at radius 1 is 1.07 bits per heavy atom. The van der Waals surface area contributed by atoms with Gasteiger partial charge in [0.25, 0.3) is 0 Å². The second kappa shape index (κ2) is 11.7. The molecule has 1 N–H and O–H groups in total. The first-order valence-corrected chi connectivity index (χ1v) is 10.7. The first-order valence-electron chi connectivity index (χ1n) is 10.7. The summed E-state index contributed by atoms with van der Waals surface area (Å²) in [5.41, 5.74) is 1.39. The molecule has 7 heteroatoms. The molecule has 1 saturated heterocycles. The number of hydrogen-bond donors (Lipinski definition) is 1. The van der Waals surface area contributed by atoms with Crippen molar-refractivity contribution in [2.24, 2.45) is 0 Å². The molecule has 1 fully saturated rings. The fraction of sp³-hybridized carbons (Fsp3) is 0.591. The van der Waals surface area contributed by atoms with Crippen LogP contribution in [0.5, 0.6) is 0 Å². The minimum absolute atomic E-state index is 0.107. The summed E-state index contributed by atoms with van der Waals surface area (Å²) in [6.45, 7) is 9.24. The number of hydrogen-bond acceptors (Lipinski definition) is 6. The van der Waals surface area contributed by atoms with Crippen LogP contribution in [0.25, 0.3) is 0 Å². The van der Waals surface area contributed by atoms with E-state index in [4.69, 9.17) is 4.52 Å². The van der Waals surface area contributed by atoms with Gasteiger partial charge < -0.3 is 14.7 Å². The van der Waals surface area contributed by atoms with E-state index in [-0.39, 0.29) is 5.91 Å². The SMILES string of the molecule is Cc1noc(CCCC(=O)NCCCCN2CCN(Cc3ccccc3)CC2)n1. The first-order chi connectivity index (χ1) is 14.2. The van der Waals surface area contributed by atoms with E-state index in [2.05, 4.69) is 55.6 Å².